The van der Waals surface area contributed by atoms with Crippen molar-refractivity contribution >= 4 is 22.8 Å². The molecule has 6 rings (SSSR count). The zero-order chi connectivity index (χ0) is 26.2. The normalized spacial score (nSPS) is 21.0. The van der Waals surface area contributed by atoms with Gasteiger partial charge < -0.3 is 24.8 Å². The molecule has 1 unspecified atom stereocenters. The third-order valence-electron chi connectivity index (χ3n) is 7.66. The Hall–Kier alpha value is -3.70. The van der Waals surface area contributed by atoms with Crippen molar-refractivity contribution in [3.63, 3.8) is 0 Å². The molecule has 3 aromatic rings. The summed E-state index contributed by atoms with van der Waals surface area (Å²) < 4.78 is 35.9. The van der Waals surface area contributed by atoms with Crippen molar-refractivity contribution < 1.29 is 33.3 Å². The first-order chi connectivity index (χ1) is 17.7. The standard InChI is InChI=1S/C26H23F2N3O6/c1-2-26(36)14-7-18-23-12(9-31(18)24(34)13(14)10-37-25(26)35)21-16(29-19(33)4-3-5-32)6-11-20(21)17(30-23)8-15(27)22(11)28/h7-8,16,32,36H,2-6,9-10H2,1H3,(H,29,33)/t16?,26-/m0/s1. The van der Waals surface area contributed by atoms with Crippen molar-refractivity contribution in [2.45, 2.75) is 57.4 Å². The van der Waals surface area contributed by atoms with Crippen molar-refractivity contribution in [3.8, 4) is 11.4 Å². The smallest absolute Gasteiger partial charge is 0.343 e. The molecule has 11 heteroatoms. The van der Waals surface area contributed by atoms with Crippen LogP contribution in [0.5, 0.6) is 0 Å². The van der Waals surface area contributed by atoms with Crippen LogP contribution in [0.3, 0.4) is 0 Å². The van der Waals surface area contributed by atoms with Gasteiger partial charge in [-0.3, -0.25) is 9.59 Å². The van der Waals surface area contributed by atoms with Crippen molar-refractivity contribution in [2.24, 2.45) is 0 Å². The molecule has 9 nitrogen and oxygen atoms in total. The number of carbonyl (C=O) groups is 2. The van der Waals surface area contributed by atoms with Crippen molar-refractivity contribution in [2.75, 3.05) is 6.61 Å². The highest BCUT2D eigenvalue weighted by molar-refractivity contribution is 5.94. The second-order valence-corrected chi connectivity index (χ2v) is 9.65. The zero-order valence-corrected chi connectivity index (χ0v) is 19.9. The Bertz CT molecular complexity index is 1600. The van der Waals surface area contributed by atoms with Crippen LogP contribution in [0.25, 0.3) is 22.3 Å². The van der Waals surface area contributed by atoms with Gasteiger partial charge in [0.25, 0.3) is 5.56 Å². The fourth-order valence-corrected chi connectivity index (χ4v) is 5.81. The van der Waals surface area contributed by atoms with Gasteiger partial charge in [0.05, 0.1) is 35.1 Å². The third-order valence-corrected chi connectivity index (χ3v) is 7.66. The van der Waals surface area contributed by atoms with Crippen molar-refractivity contribution in [1.29, 1.82) is 0 Å². The molecule has 1 amide bonds. The maximum absolute atomic E-state index is 14.8. The van der Waals surface area contributed by atoms with Crippen molar-refractivity contribution in [3.05, 3.63) is 61.9 Å². The van der Waals surface area contributed by atoms with E-state index in [-0.39, 0.29) is 73.6 Å². The molecule has 2 atom stereocenters. The molecular weight excluding hydrogens is 488 g/mol. The Kier molecular flexibility index (Phi) is 5.22. The Morgan fingerprint density at radius 1 is 1.27 bits per heavy atom. The van der Waals surface area contributed by atoms with Gasteiger partial charge in [-0.05, 0) is 24.5 Å². The number of hydrogen-bond donors (Lipinski definition) is 3. The summed E-state index contributed by atoms with van der Waals surface area (Å²) in [6.45, 7) is 1.23. The van der Waals surface area contributed by atoms with E-state index in [1.807, 2.05) is 0 Å². The van der Waals surface area contributed by atoms with E-state index in [9.17, 15) is 28.3 Å². The molecular formula is C26H23F2N3O6. The molecule has 2 aromatic heterocycles. The van der Waals surface area contributed by atoms with Crippen LogP contribution in [0.2, 0.25) is 0 Å². The van der Waals surface area contributed by atoms with E-state index in [1.54, 1.807) is 13.0 Å². The number of aliphatic hydroxyl groups is 2. The first kappa shape index (κ1) is 23.7. The molecule has 0 saturated heterocycles. The minimum atomic E-state index is -2.00. The Morgan fingerprint density at radius 3 is 2.78 bits per heavy atom. The Balaban J connectivity index is 1.58. The molecule has 0 fully saturated rings. The van der Waals surface area contributed by atoms with Crippen LogP contribution in [0.1, 0.15) is 60.0 Å². The molecule has 3 aliphatic rings. The zero-order valence-electron chi connectivity index (χ0n) is 19.9. The average molecular weight is 511 g/mol. The van der Waals surface area contributed by atoms with Crippen molar-refractivity contribution in [1.82, 2.24) is 14.9 Å². The fourth-order valence-electron chi connectivity index (χ4n) is 5.81. The topological polar surface area (TPSA) is 131 Å². The highest BCUT2D eigenvalue weighted by atomic mass is 19.2. The molecule has 3 N–H and O–H groups in total. The van der Waals surface area contributed by atoms with Gasteiger partial charge in [0.15, 0.2) is 17.2 Å². The highest BCUT2D eigenvalue weighted by Gasteiger charge is 2.46. The van der Waals surface area contributed by atoms with E-state index in [0.29, 0.717) is 27.9 Å². The molecule has 37 heavy (non-hydrogen) atoms. The minimum Gasteiger partial charge on any atom is -0.458 e. The maximum atomic E-state index is 14.8. The lowest BCUT2D eigenvalue weighted by Crippen LogP contribution is -2.44. The van der Waals surface area contributed by atoms with Gasteiger partial charge in [0, 0.05) is 47.6 Å². The second-order valence-electron chi connectivity index (χ2n) is 9.65. The molecule has 1 aliphatic carbocycles. The largest absolute Gasteiger partial charge is 0.458 e. The lowest BCUT2D eigenvalue weighted by atomic mass is 9.86. The summed E-state index contributed by atoms with van der Waals surface area (Å²) in [5.41, 5.74) is -0.0445. The summed E-state index contributed by atoms with van der Waals surface area (Å²) in [4.78, 5) is 43.0. The summed E-state index contributed by atoms with van der Waals surface area (Å²) in [6.07, 6.45) is 0.317. The van der Waals surface area contributed by atoms with Gasteiger partial charge >= 0.3 is 5.97 Å². The number of ether oxygens (including phenoxy) is 1. The minimum absolute atomic E-state index is 0.0120. The van der Waals surface area contributed by atoms with Crippen LogP contribution in [0, 0.1) is 11.6 Å². The number of cyclic esters (lactones) is 1. The summed E-state index contributed by atoms with van der Waals surface area (Å²) in [6, 6.07) is 1.85. The lowest BCUT2D eigenvalue weighted by Gasteiger charge is -2.31. The second kappa shape index (κ2) is 8.15. The first-order valence-electron chi connectivity index (χ1n) is 12.1. The first-order valence-corrected chi connectivity index (χ1v) is 12.1. The summed E-state index contributed by atoms with van der Waals surface area (Å²) in [7, 11) is 0. The van der Waals surface area contributed by atoms with Gasteiger partial charge in [0.2, 0.25) is 5.91 Å². The molecule has 0 saturated carbocycles. The van der Waals surface area contributed by atoms with E-state index in [0.717, 1.165) is 6.07 Å². The number of esters is 1. The predicted octanol–water partition coefficient (Wildman–Crippen LogP) is 1.84. The van der Waals surface area contributed by atoms with Crippen LogP contribution in [-0.4, -0.2) is 38.2 Å². The summed E-state index contributed by atoms with van der Waals surface area (Å²) in [5.74, 6) is -3.27. The number of aliphatic hydroxyl groups excluding tert-OH is 1. The van der Waals surface area contributed by atoms with Crippen LogP contribution in [-0.2, 0) is 39.5 Å². The predicted molar refractivity (Wildman–Crippen MR) is 125 cm³/mol. The van der Waals surface area contributed by atoms with Crippen LogP contribution >= 0.6 is 0 Å². The number of nitrogens with zero attached hydrogens (tertiary/aromatic N) is 2. The van der Waals surface area contributed by atoms with Gasteiger partial charge in [-0.25, -0.2) is 18.6 Å². The van der Waals surface area contributed by atoms with E-state index in [1.165, 1.54) is 4.57 Å². The number of amides is 1. The van der Waals surface area contributed by atoms with Gasteiger partial charge in [0.1, 0.15) is 6.61 Å². The van der Waals surface area contributed by atoms with Crippen LogP contribution in [0.15, 0.2) is 16.9 Å². The van der Waals surface area contributed by atoms with Crippen LogP contribution < -0.4 is 10.9 Å². The number of aromatic nitrogens is 2. The van der Waals surface area contributed by atoms with Gasteiger partial charge in [-0.2, -0.15) is 0 Å². The number of carbonyl (C=O) groups excluding carboxylic acids is 2. The Morgan fingerprint density at radius 2 is 2.05 bits per heavy atom. The number of halogens is 2. The molecule has 2 aliphatic heterocycles. The van der Waals surface area contributed by atoms with Gasteiger partial charge in [-0.1, -0.05) is 6.92 Å². The third kappa shape index (κ3) is 3.20. The number of rotatable bonds is 5. The number of benzene rings is 1. The highest BCUT2D eigenvalue weighted by Crippen LogP contribution is 2.46. The van der Waals surface area contributed by atoms with Gasteiger partial charge in [-0.15, -0.1) is 0 Å². The number of hydrogen-bond acceptors (Lipinski definition) is 7. The lowest BCUT2D eigenvalue weighted by molar-refractivity contribution is -0.172. The van der Waals surface area contributed by atoms with E-state index in [4.69, 9.17) is 9.84 Å². The van der Waals surface area contributed by atoms with E-state index in [2.05, 4.69) is 10.3 Å². The SMILES string of the molecule is CC[C@@]1(O)C(=O)OCc2c1cc1n(c2=O)Cc2c-1nc1cc(F)c(F)c3c1c2C(NC(=O)CCCO)C3. The number of fused-ring (bicyclic) bond motifs is 5. The monoisotopic (exact) mass is 511 g/mol. The average Bonchev–Trinajstić information content (AvgIpc) is 3.43. The molecule has 0 spiro atoms. The van der Waals surface area contributed by atoms with E-state index >= 15 is 0 Å². The number of pyridine rings is 2. The summed E-state index contributed by atoms with van der Waals surface area (Å²) >= 11 is 0. The molecule has 1 aromatic carbocycles. The quantitative estimate of drug-likeness (QED) is 0.349. The van der Waals surface area contributed by atoms with Crippen LogP contribution in [0.4, 0.5) is 8.78 Å². The molecule has 0 radical (unpaired) electrons. The Labute approximate surface area is 208 Å². The fraction of sp³-hybridized carbons (Fsp3) is 0.385. The number of nitrogens with one attached hydrogen (secondary N) is 1. The maximum Gasteiger partial charge on any atom is 0.343 e. The molecule has 192 valence electrons. The molecule has 0 bridgehead atoms. The van der Waals surface area contributed by atoms with E-state index < -0.39 is 34.8 Å². The molecule has 4 heterocycles. The summed E-state index contributed by atoms with van der Waals surface area (Å²) in [5, 5.41) is 23.4.